The molecule has 1 aromatic heterocycles. The van der Waals surface area contributed by atoms with E-state index in [0.29, 0.717) is 0 Å². The summed E-state index contributed by atoms with van der Waals surface area (Å²) in [7, 11) is 1.14. The molecule has 0 unspecified atom stereocenters. The average Bonchev–Trinajstić information content (AvgIpc) is 2.49. The van der Waals surface area contributed by atoms with Gasteiger partial charge in [0.1, 0.15) is 5.82 Å². The SMILES string of the molecule is COC(=O)c1cc(NC(=O)c2ccc(Cl)nn2)ccc1F. The van der Waals surface area contributed by atoms with Gasteiger partial charge in [-0.1, -0.05) is 11.6 Å². The molecule has 6 nitrogen and oxygen atoms in total. The first kappa shape index (κ1) is 14.9. The van der Waals surface area contributed by atoms with Crippen molar-refractivity contribution in [3.8, 4) is 0 Å². The number of methoxy groups -OCH3 is 1. The fourth-order valence-corrected chi connectivity index (χ4v) is 1.60. The van der Waals surface area contributed by atoms with Gasteiger partial charge in [-0.15, -0.1) is 10.2 Å². The smallest absolute Gasteiger partial charge is 0.340 e. The van der Waals surface area contributed by atoms with Gasteiger partial charge in [-0.25, -0.2) is 9.18 Å². The Bertz CT molecular complexity index is 692. The van der Waals surface area contributed by atoms with E-state index in [1.54, 1.807) is 0 Å². The lowest BCUT2D eigenvalue weighted by molar-refractivity contribution is 0.0595. The lowest BCUT2D eigenvalue weighted by Gasteiger charge is -2.07. The topological polar surface area (TPSA) is 81.2 Å². The maximum atomic E-state index is 13.5. The summed E-state index contributed by atoms with van der Waals surface area (Å²) in [5, 5.41) is 9.76. The van der Waals surface area contributed by atoms with E-state index in [2.05, 4.69) is 20.3 Å². The largest absolute Gasteiger partial charge is 0.465 e. The van der Waals surface area contributed by atoms with E-state index in [4.69, 9.17) is 11.6 Å². The third-order valence-electron chi connectivity index (χ3n) is 2.49. The third kappa shape index (κ3) is 3.51. The minimum atomic E-state index is -0.838. The van der Waals surface area contributed by atoms with Gasteiger partial charge in [0.2, 0.25) is 0 Å². The van der Waals surface area contributed by atoms with Crippen LogP contribution < -0.4 is 5.32 Å². The van der Waals surface area contributed by atoms with Crippen LogP contribution in [0.4, 0.5) is 10.1 Å². The maximum Gasteiger partial charge on any atom is 0.340 e. The maximum absolute atomic E-state index is 13.5. The molecule has 0 spiro atoms. The number of nitrogens with one attached hydrogen (secondary N) is 1. The molecule has 2 rings (SSSR count). The molecule has 1 heterocycles. The number of benzene rings is 1. The van der Waals surface area contributed by atoms with E-state index in [9.17, 15) is 14.0 Å². The molecule has 1 aromatic carbocycles. The molecule has 108 valence electrons. The average molecular weight is 310 g/mol. The Labute approximate surface area is 123 Å². The van der Waals surface area contributed by atoms with E-state index < -0.39 is 17.7 Å². The van der Waals surface area contributed by atoms with E-state index in [1.807, 2.05) is 0 Å². The monoisotopic (exact) mass is 309 g/mol. The molecule has 0 radical (unpaired) electrons. The van der Waals surface area contributed by atoms with Gasteiger partial charge >= 0.3 is 5.97 Å². The number of esters is 1. The van der Waals surface area contributed by atoms with E-state index >= 15 is 0 Å². The van der Waals surface area contributed by atoms with Gasteiger partial charge in [0.25, 0.3) is 5.91 Å². The van der Waals surface area contributed by atoms with Crippen molar-refractivity contribution >= 4 is 29.2 Å². The van der Waals surface area contributed by atoms with Crippen LogP contribution in [0.25, 0.3) is 0 Å². The first-order valence-corrected chi connectivity index (χ1v) is 6.07. The third-order valence-corrected chi connectivity index (χ3v) is 2.70. The number of rotatable bonds is 3. The molecule has 0 saturated heterocycles. The Morgan fingerprint density at radius 2 is 2.00 bits per heavy atom. The van der Waals surface area contributed by atoms with Crippen molar-refractivity contribution in [1.29, 1.82) is 0 Å². The zero-order valence-electron chi connectivity index (χ0n) is 10.8. The molecule has 0 aliphatic rings. The second kappa shape index (κ2) is 6.27. The van der Waals surface area contributed by atoms with Gasteiger partial charge < -0.3 is 10.1 Å². The van der Waals surface area contributed by atoms with Crippen LogP contribution in [-0.4, -0.2) is 29.2 Å². The molecule has 0 aliphatic heterocycles. The summed E-state index contributed by atoms with van der Waals surface area (Å²) in [5.74, 6) is -2.15. The Morgan fingerprint density at radius 3 is 2.62 bits per heavy atom. The van der Waals surface area contributed by atoms with Gasteiger partial charge in [0, 0.05) is 5.69 Å². The minimum Gasteiger partial charge on any atom is -0.465 e. The van der Waals surface area contributed by atoms with Crippen LogP contribution in [0.1, 0.15) is 20.8 Å². The molecule has 0 aliphatic carbocycles. The van der Waals surface area contributed by atoms with Crippen LogP contribution in [-0.2, 0) is 4.74 Å². The number of amides is 1. The molecule has 0 saturated carbocycles. The predicted octanol–water partition coefficient (Wildman–Crippen LogP) is 2.31. The van der Waals surface area contributed by atoms with Gasteiger partial charge in [0.05, 0.1) is 12.7 Å². The number of anilines is 1. The zero-order valence-corrected chi connectivity index (χ0v) is 11.5. The number of hydrogen-bond acceptors (Lipinski definition) is 5. The van der Waals surface area contributed by atoms with Crippen LogP contribution in [0.15, 0.2) is 30.3 Å². The fourth-order valence-electron chi connectivity index (χ4n) is 1.50. The van der Waals surface area contributed by atoms with Crippen molar-refractivity contribution < 1.29 is 18.7 Å². The summed E-state index contributed by atoms with van der Waals surface area (Å²) in [4.78, 5) is 23.3. The lowest BCUT2D eigenvalue weighted by Crippen LogP contribution is -2.15. The number of hydrogen-bond donors (Lipinski definition) is 1. The van der Waals surface area contributed by atoms with Crippen LogP contribution in [0, 0.1) is 5.82 Å². The Kier molecular flexibility index (Phi) is 4.44. The van der Waals surface area contributed by atoms with Crippen molar-refractivity contribution in [2.75, 3.05) is 12.4 Å². The first-order chi connectivity index (χ1) is 10.0. The van der Waals surface area contributed by atoms with Gasteiger partial charge in [-0.2, -0.15) is 0 Å². The number of aromatic nitrogens is 2. The van der Waals surface area contributed by atoms with Crippen molar-refractivity contribution in [3.05, 3.63) is 52.6 Å². The summed E-state index contributed by atoms with van der Waals surface area (Å²) >= 11 is 5.57. The standard InChI is InChI=1S/C13H9ClFN3O3/c1-21-13(20)8-6-7(2-3-9(8)15)16-12(19)10-4-5-11(14)18-17-10/h2-6H,1H3,(H,16,19). The van der Waals surface area contributed by atoms with Crippen molar-refractivity contribution in [2.45, 2.75) is 0 Å². The quantitative estimate of drug-likeness (QED) is 0.880. The molecule has 0 bridgehead atoms. The lowest BCUT2D eigenvalue weighted by atomic mass is 10.2. The summed E-state index contributed by atoms with van der Waals surface area (Å²) in [6, 6.07) is 6.32. The normalized spacial score (nSPS) is 10.0. The molecule has 1 amide bonds. The molecule has 21 heavy (non-hydrogen) atoms. The molecule has 0 fully saturated rings. The highest BCUT2D eigenvalue weighted by molar-refractivity contribution is 6.29. The highest BCUT2D eigenvalue weighted by atomic mass is 35.5. The highest BCUT2D eigenvalue weighted by Gasteiger charge is 2.15. The first-order valence-electron chi connectivity index (χ1n) is 5.69. The molecule has 0 atom stereocenters. The fraction of sp³-hybridized carbons (Fsp3) is 0.0769. The number of halogens is 2. The molecule has 2 aromatic rings. The van der Waals surface area contributed by atoms with Crippen molar-refractivity contribution in [3.63, 3.8) is 0 Å². The van der Waals surface area contributed by atoms with Gasteiger partial charge in [-0.05, 0) is 30.3 Å². The number of carbonyl (C=O) groups excluding carboxylic acids is 2. The van der Waals surface area contributed by atoms with Crippen molar-refractivity contribution in [1.82, 2.24) is 10.2 Å². The highest BCUT2D eigenvalue weighted by Crippen LogP contribution is 2.16. The summed E-state index contributed by atoms with van der Waals surface area (Å²) in [6.07, 6.45) is 0. The summed E-state index contributed by atoms with van der Waals surface area (Å²) in [5.41, 5.74) is -0.0283. The van der Waals surface area contributed by atoms with Crippen LogP contribution >= 0.6 is 11.6 Å². The van der Waals surface area contributed by atoms with E-state index in [0.717, 1.165) is 13.2 Å². The zero-order chi connectivity index (χ0) is 15.4. The van der Waals surface area contributed by atoms with Crippen LogP contribution in [0.5, 0.6) is 0 Å². The summed E-state index contributed by atoms with van der Waals surface area (Å²) < 4.78 is 17.9. The molecule has 8 heteroatoms. The Balaban J connectivity index is 2.21. The van der Waals surface area contributed by atoms with E-state index in [-0.39, 0.29) is 22.1 Å². The minimum absolute atomic E-state index is 0.0309. The Hall–Kier alpha value is -2.54. The summed E-state index contributed by atoms with van der Waals surface area (Å²) in [6.45, 7) is 0. The van der Waals surface area contributed by atoms with E-state index in [1.165, 1.54) is 24.3 Å². The number of nitrogens with zero attached hydrogens (tertiary/aromatic N) is 2. The van der Waals surface area contributed by atoms with Gasteiger partial charge in [0.15, 0.2) is 10.8 Å². The molecular formula is C13H9ClFN3O3. The molecule has 1 N–H and O–H groups in total. The second-order valence-electron chi connectivity index (χ2n) is 3.88. The van der Waals surface area contributed by atoms with Gasteiger partial charge in [-0.3, -0.25) is 4.79 Å². The number of ether oxygens (including phenoxy) is 1. The van der Waals surface area contributed by atoms with Crippen LogP contribution in [0.2, 0.25) is 5.15 Å². The Morgan fingerprint density at radius 1 is 1.24 bits per heavy atom. The molecular weight excluding hydrogens is 301 g/mol. The van der Waals surface area contributed by atoms with Crippen LogP contribution in [0.3, 0.4) is 0 Å². The second-order valence-corrected chi connectivity index (χ2v) is 4.27. The number of carbonyl (C=O) groups is 2. The van der Waals surface area contributed by atoms with Crippen molar-refractivity contribution in [2.24, 2.45) is 0 Å². The predicted molar refractivity (Wildman–Crippen MR) is 72.7 cm³/mol.